The van der Waals surface area contributed by atoms with Crippen LogP contribution in [0, 0.1) is 0 Å². The molecule has 1 aromatic heterocycles. The van der Waals surface area contributed by atoms with Crippen molar-refractivity contribution in [3.63, 3.8) is 0 Å². The molecule has 6 heteroatoms. The van der Waals surface area contributed by atoms with Gasteiger partial charge in [0.15, 0.2) is 5.75 Å². The fourth-order valence-corrected chi connectivity index (χ4v) is 1.59. The summed E-state index contributed by atoms with van der Waals surface area (Å²) in [5, 5.41) is 10.7. The Hall–Kier alpha value is -1.30. The van der Waals surface area contributed by atoms with Gasteiger partial charge in [0.05, 0.1) is 18.6 Å². The molecular weight excluding hydrogens is 218 g/mol. The van der Waals surface area contributed by atoms with Crippen LogP contribution in [0.3, 0.4) is 0 Å². The number of hydrogen-bond donors (Lipinski definition) is 0. The SMILES string of the molecule is CS(=O)(=O)CCCOc1ccc([O])cn1. The standard InChI is InChI=1S/C9H12NO4S/c1-15(12,13)6-2-5-14-9-4-3-8(11)7-10-9/h3-4,7H,2,5-6H2,1H3. The van der Waals surface area contributed by atoms with E-state index in [1.165, 1.54) is 18.4 Å². The predicted molar refractivity (Wildman–Crippen MR) is 54.2 cm³/mol. The monoisotopic (exact) mass is 230 g/mol. The molecule has 0 aliphatic rings. The molecule has 0 amide bonds. The van der Waals surface area contributed by atoms with Crippen molar-refractivity contribution in [2.24, 2.45) is 0 Å². The van der Waals surface area contributed by atoms with E-state index < -0.39 is 9.84 Å². The third-order valence-corrected chi connectivity index (χ3v) is 2.65. The highest BCUT2D eigenvalue weighted by atomic mass is 32.2. The molecule has 5 nitrogen and oxygen atoms in total. The van der Waals surface area contributed by atoms with E-state index in [-0.39, 0.29) is 18.1 Å². The third kappa shape index (κ3) is 5.21. The summed E-state index contributed by atoms with van der Waals surface area (Å²) in [5.41, 5.74) is 0. The van der Waals surface area contributed by atoms with Crippen LogP contribution in [0.2, 0.25) is 0 Å². The Bertz CT molecular complexity index is 399. The van der Waals surface area contributed by atoms with Crippen LogP contribution < -0.4 is 4.74 Å². The average molecular weight is 230 g/mol. The first-order chi connectivity index (χ1) is 6.97. The molecule has 0 atom stereocenters. The van der Waals surface area contributed by atoms with E-state index in [2.05, 4.69) is 4.98 Å². The van der Waals surface area contributed by atoms with E-state index in [0.29, 0.717) is 12.3 Å². The molecule has 0 aliphatic carbocycles. The van der Waals surface area contributed by atoms with Gasteiger partial charge >= 0.3 is 0 Å². The lowest BCUT2D eigenvalue weighted by molar-refractivity contribution is 0.301. The summed E-state index contributed by atoms with van der Waals surface area (Å²) in [6.45, 7) is 0.276. The second-order valence-corrected chi connectivity index (χ2v) is 5.42. The second-order valence-electron chi connectivity index (χ2n) is 3.16. The van der Waals surface area contributed by atoms with Gasteiger partial charge in [-0.25, -0.2) is 13.4 Å². The lowest BCUT2D eigenvalue weighted by Crippen LogP contribution is -2.08. The summed E-state index contributed by atoms with van der Waals surface area (Å²) in [5.74, 6) is 0.244. The first-order valence-electron chi connectivity index (χ1n) is 4.41. The van der Waals surface area contributed by atoms with Gasteiger partial charge in [0, 0.05) is 12.3 Å². The highest BCUT2D eigenvalue weighted by molar-refractivity contribution is 7.90. The molecule has 0 saturated heterocycles. The number of ether oxygens (including phenoxy) is 1. The van der Waals surface area contributed by atoms with Gasteiger partial charge in [-0.1, -0.05) is 0 Å². The van der Waals surface area contributed by atoms with Crippen molar-refractivity contribution in [2.45, 2.75) is 6.42 Å². The minimum Gasteiger partial charge on any atom is -0.478 e. The average Bonchev–Trinajstić information content (AvgIpc) is 2.14. The summed E-state index contributed by atoms with van der Waals surface area (Å²) in [7, 11) is -2.94. The van der Waals surface area contributed by atoms with E-state index >= 15 is 0 Å². The molecule has 0 spiro atoms. The Labute approximate surface area is 88.6 Å². The van der Waals surface area contributed by atoms with Crippen LogP contribution in [-0.2, 0) is 14.9 Å². The third-order valence-electron chi connectivity index (χ3n) is 1.62. The van der Waals surface area contributed by atoms with Crippen molar-refractivity contribution in [3.05, 3.63) is 18.3 Å². The van der Waals surface area contributed by atoms with Gasteiger partial charge in [0.2, 0.25) is 5.88 Å². The summed E-state index contributed by atoms with van der Waals surface area (Å²) in [6.07, 6.45) is 2.75. The quantitative estimate of drug-likeness (QED) is 0.708. The van der Waals surface area contributed by atoms with Gasteiger partial charge in [-0.15, -0.1) is 0 Å². The number of sulfone groups is 1. The van der Waals surface area contributed by atoms with E-state index in [1.54, 1.807) is 0 Å². The highest BCUT2D eigenvalue weighted by Gasteiger charge is 2.02. The van der Waals surface area contributed by atoms with Gasteiger partial charge in [-0.2, -0.15) is 0 Å². The van der Waals surface area contributed by atoms with Gasteiger partial charge < -0.3 is 4.74 Å². The molecular formula is C9H12NO4S. The maximum Gasteiger partial charge on any atom is 0.213 e. The molecule has 0 bridgehead atoms. The number of pyridine rings is 1. The number of rotatable bonds is 5. The van der Waals surface area contributed by atoms with Crippen LogP contribution in [0.25, 0.3) is 0 Å². The van der Waals surface area contributed by atoms with Crippen LogP contribution in [-0.4, -0.2) is 32.0 Å². The maximum atomic E-state index is 10.8. The Morgan fingerprint density at radius 1 is 1.40 bits per heavy atom. The number of hydrogen-bond acceptors (Lipinski definition) is 4. The summed E-state index contributed by atoms with van der Waals surface area (Å²) in [4.78, 5) is 3.73. The molecule has 1 rings (SSSR count). The fraction of sp³-hybridized carbons (Fsp3) is 0.444. The molecule has 0 N–H and O–H groups in total. The zero-order valence-electron chi connectivity index (χ0n) is 8.34. The van der Waals surface area contributed by atoms with Gasteiger partial charge in [-0.05, 0) is 12.5 Å². The summed E-state index contributed by atoms with van der Waals surface area (Å²) in [6, 6.07) is 2.81. The van der Waals surface area contributed by atoms with Crippen molar-refractivity contribution >= 4 is 9.84 Å². The van der Waals surface area contributed by atoms with E-state index in [1.807, 2.05) is 0 Å². The van der Waals surface area contributed by atoms with Gasteiger partial charge in [0.1, 0.15) is 9.84 Å². The normalized spacial score (nSPS) is 11.3. The molecule has 0 fully saturated rings. The van der Waals surface area contributed by atoms with Crippen molar-refractivity contribution in [1.29, 1.82) is 0 Å². The minimum absolute atomic E-state index is 0.0899. The molecule has 0 aromatic carbocycles. The van der Waals surface area contributed by atoms with Crippen molar-refractivity contribution in [2.75, 3.05) is 18.6 Å². The van der Waals surface area contributed by atoms with Crippen molar-refractivity contribution < 1.29 is 18.3 Å². The molecule has 0 saturated carbocycles. The largest absolute Gasteiger partial charge is 0.478 e. The van der Waals surface area contributed by atoms with E-state index in [0.717, 1.165) is 6.20 Å². The Morgan fingerprint density at radius 2 is 2.13 bits per heavy atom. The van der Waals surface area contributed by atoms with E-state index in [9.17, 15) is 13.5 Å². The fourth-order valence-electron chi connectivity index (χ4n) is 0.950. The van der Waals surface area contributed by atoms with Crippen molar-refractivity contribution in [1.82, 2.24) is 4.98 Å². The Morgan fingerprint density at radius 3 is 2.67 bits per heavy atom. The number of nitrogens with zero attached hydrogens (tertiary/aromatic N) is 1. The van der Waals surface area contributed by atoms with Crippen LogP contribution in [0.4, 0.5) is 0 Å². The Balaban J connectivity index is 2.29. The number of aromatic nitrogens is 1. The molecule has 1 heterocycles. The zero-order chi connectivity index (χ0) is 11.3. The summed E-state index contributed by atoms with van der Waals surface area (Å²) >= 11 is 0. The highest BCUT2D eigenvalue weighted by Crippen LogP contribution is 2.12. The minimum atomic E-state index is -2.94. The van der Waals surface area contributed by atoms with Crippen LogP contribution >= 0.6 is 0 Å². The van der Waals surface area contributed by atoms with Crippen LogP contribution in [0.15, 0.2) is 18.3 Å². The molecule has 0 unspecified atom stereocenters. The molecule has 1 aromatic rings. The van der Waals surface area contributed by atoms with Gasteiger partial charge in [0.25, 0.3) is 0 Å². The van der Waals surface area contributed by atoms with Crippen LogP contribution in [0.1, 0.15) is 6.42 Å². The molecule has 0 aliphatic heterocycles. The zero-order valence-corrected chi connectivity index (χ0v) is 9.16. The predicted octanol–water partition coefficient (Wildman–Crippen LogP) is 1.04. The Kier molecular flexibility index (Phi) is 3.90. The lowest BCUT2D eigenvalue weighted by Gasteiger charge is -2.03. The summed E-state index contributed by atoms with van der Waals surface area (Å²) < 4.78 is 26.7. The van der Waals surface area contributed by atoms with Crippen molar-refractivity contribution in [3.8, 4) is 11.6 Å². The second kappa shape index (κ2) is 4.97. The van der Waals surface area contributed by atoms with Crippen LogP contribution in [0.5, 0.6) is 11.6 Å². The van der Waals surface area contributed by atoms with E-state index in [4.69, 9.17) is 4.74 Å². The molecule has 15 heavy (non-hydrogen) atoms. The first-order valence-corrected chi connectivity index (χ1v) is 6.47. The lowest BCUT2D eigenvalue weighted by atomic mass is 10.4. The molecule has 83 valence electrons. The van der Waals surface area contributed by atoms with Gasteiger partial charge in [-0.3, -0.25) is 5.11 Å². The smallest absolute Gasteiger partial charge is 0.213 e. The first kappa shape index (κ1) is 11.8. The molecule has 1 radical (unpaired) electrons. The topological polar surface area (TPSA) is 76.2 Å². The maximum absolute atomic E-state index is 10.8.